The number of hydrogen-bond acceptors (Lipinski definition) is 5. The van der Waals surface area contributed by atoms with Crippen LogP contribution in [-0.2, 0) is 14.3 Å². The molecule has 28 heavy (non-hydrogen) atoms. The number of nitrogens with one attached hydrogen (secondary N) is 1. The Labute approximate surface area is 164 Å². The first kappa shape index (κ1) is 19.0. The molecule has 8 nitrogen and oxygen atoms in total. The summed E-state index contributed by atoms with van der Waals surface area (Å²) >= 11 is 0. The van der Waals surface area contributed by atoms with E-state index in [1.165, 1.54) is 0 Å². The summed E-state index contributed by atoms with van der Waals surface area (Å²) in [5.41, 5.74) is 0.820. The summed E-state index contributed by atoms with van der Waals surface area (Å²) in [5, 5.41) is 3.01. The summed E-state index contributed by atoms with van der Waals surface area (Å²) in [7, 11) is 0. The number of nitrogens with zero attached hydrogens (tertiary/aromatic N) is 2. The molecule has 3 aliphatic heterocycles. The first-order valence-corrected chi connectivity index (χ1v) is 9.95. The fourth-order valence-corrected chi connectivity index (χ4v) is 4.04. The number of hydrogen-bond donors (Lipinski definition) is 1. The quantitative estimate of drug-likeness (QED) is 0.849. The topological polar surface area (TPSA) is 80.3 Å². The van der Waals surface area contributed by atoms with Gasteiger partial charge in [-0.15, -0.1) is 0 Å². The van der Waals surface area contributed by atoms with Crippen molar-refractivity contribution in [1.29, 1.82) is 0 Å². The predicted molar refractivity (Wildman–Crippen MR) is 102 cm³/mol. The number of benzene rings is 1. The molecule has 1 aromatic carbocycles. The minimum absolute atomic E-state index is 0.0137. The van der Waals surface area contributed by atoms with Gasteiger partial charge in [-0.25, -0.2) is 4.79 Å². The molecule has 1 unspecified atom stereocenters. The summed E-state index contributed by atoms with van der Waals surface area (Å²) in [6.45, 7) is 5.44. The van der Waals surface area contributed by atoms with Gasteiger partial charge in [0, 0.05) is 44.6 Å². The highest BCUT2D eigenvalue weighted by Gasteiger charge is 2.41. The van der Waals surface area contributed by atoms with Crippen molar-refractivity contribution in [2.45, 2.75) is 38.0 Å². The summed E-state index contributed by atoms with van der Waals surface area (Å²) in [4.78, 5) is 28.5. The Morgan fingerprint density at radius 1 is 1.21 bits per heavy atom. The molecular formula is C20H27N3O5. The molecule has 152 valence electrons. The number of carbonyl (C=O) groups is 2. The Balaban J connectivity index is 1.30. The molecule has 3 heterocycles. The Morgan fingerprint density at radius 3 is 2.54 bits per heavy atom. The van der Waals surface area contributed by atoms with E-state index in [2.05, 4.69) is 5.32 Å². The maximum Gasteiger partial charge on any atom is 0.317 e. The first-order chi connectivity index (χ1) is 13.6. The van der Waals surface area contributed by atoms with Crippen molar-refractivity contribution in [3.63, 3.8) is 0 Å². The molecule has 3 amide bonds. The smallest absolute Gasteiger partial charge is 0.317 e. The molecule has 1 atom stereocenters. The van der Waals surface area contributed by atoms with Gasteiger partial charge in [0.2, 0.25) is 5.91 Å². The molecule has 0 aliphatic carbocycles. The minimum atomic E-state index is -0.495. The summed E-state index contributed by atoms with van der Waals surface area (Å²) in [6.07, 6.45) is 1.67. The van der Waals surface area contributed by atoms with E-state index in [4.69, 9.17) is 14.2 Å². The molecule has 1 N–H and O–H groups in total. The third kappa shape index (κ3) is 3.93. The molecule has 8 heteroatoms. The van der Waals surface area contributed by atoms with Gasteiger partial charge in [0.25, 0.3) is 0 Å². The molecular weight excluding hydrogens is 362 g/mol. The Morgan fingerprint density at radius 2 is 1.89 bits per heavy atom. The Bertz CT molecular complexity index is 707. The summed E-state index contributed by atoms with van der Waals surface area (Å²) in [6, 6.07) is 7.14. The van der Waals surface area contributed by atoms with E-state index in [0.717, 1.165) is 11.4 Å². The monoisotopic (exact) mass is 389 g/mol. The molecule has 0 saturated carbocycles. The van der Waals surface area contributed by atoms with Gasteiger partial charge < -0.3 is 29.3 Å². The highest BCUT2D eigenvalue weighted by Crippen LogP contribution is 2.31. The van der Waals surface area contributed by atoms with Crippen molar-refractivity contribution in [2.24, 2.45) is 0 Å². The van der Waals surface area contributed by atoms with Crippen molar-refractivity contribution in [1.82, 2.24) is 10.2 Å². The second-order valence-electron chi connectivity index (χ2n) is 7.38. The first-order valence-electron chi connectivity index (χ1n) is 9.95. The van der Waals surface area contributed by atoms with E-state index < -0.39 is 5.79 Å². The van der Waals surface area contributed by atoms with Crippen LogP contribution in [0.1, 0.15) is 26.2 Å². The van der Waals surface area contributed by atoms with Crippen molar-refractivity contribution in [3.05, 3.63) is 24.3 Å². The van der Waals surface area contributed by atoms with E-state index in [1.54, 1.807) is 9.80 Å². The fourth-order valence-electron chi connectivity index (χ4n) is 4.04. The van der Waals surface area contributed by atoms with E-state index >= 15 is 0 Å². The van der Waals surface area contributed by atoms with Crippen LogP contribution in [0.5, 0.6) is 5.75 Å². The van der Waals surface area contributed by atoms with Gasteiger partial charge in [0.05, 0.1) is 25.9 Å². The van der Waals surface area contributed by atoms with Gasteiger partial charge in [-0.05, 0) is 31.2 Å². The van der Waals surface area contributed by atoms with Crippen LogP contribution < -0.4 is 15.0 Å². The maximum absolute atomic E-state index is 12.6. The van der Waals surface area contributed by atoms with Crippen LogP contribution in [0, 0.1) is 0 Å². The third-order valence-corrected chi connectivity index (χ3v) is 5.54. The highest BCUT2D eigenvalue weighted by atomic mass is 16.7. The fraction of sp³-hybridized carbons (Fsp3) is 0.600. The van der Waals surface area contributed by atoms with Gasteiger partial charge in [-0.1, -0.05) is 0 Å². The van der Waals surface area contributed by atoms with Crippen LogP contribution in [0.3, 0.4) is 0 Å². The van der Waals surface area contributed by atoms with Crippen LogP contribution in [0.25, 0.3) is 0 Å². The average molecular weight is 389 g/mol. The van der Waals surface area contributed by atoms with E-state index in [-0.39, 0.29) is 18.0 Å². The molecule has 1 aromatic rings. The zero-order chi connectivity index (χ0) is 19.6. The third-order valence-electron chi connectivity index (χ3n) is 5.54. The molecule has 0 aromatic heterocycles. The van der Waals surface area contributed by atoms with E-state index in [9.17, 15) is 9.59 Å². The molecule has 3 fully saturated rings. The SMILES string of the molecule is CCOc1ccc(N2CC(NC(=O)N3CCC4(CC3)OCCO4)CC2=O)cc1. The largest absolute Gasteiger partial charge is 0.494 e. The van der Waals surface area contributed by atoms with Gasteiger partial charge in [0.15, 0.2) is 5.79 Å². The zero-order valence-electron chi connectivity index (χ0n) is 16.2. The lowest BCUT2D eigenvalue weighted by Crippen LogP contribution is -2.52. The zero-order valence-corrected chi connectivity index (χ0v) is 16.2. The van der Waals surface area contributed by atoms with Crippen molar-refractivity contribution in [3.8, 4) is 5.75 Å². The Kier molecular flexibility index (Phi) is 5.41. The molecule has 0 bridgehead atoms. The van der Waals surface area contributed by atoms with E-state index in [0.29, 0.717) is 58.7 Å². The lowest BCUT2D eigenvalue weighted by molar-refractivity contribution is -0.181. The van der Waals surface area contributed by atoms with Gasteiger partial charge in [-0.3, -0.25) is 4.79 Å². The number of urea groups is 1. The van der Waals surface area contributed by atoms with Gasteiger partial charge in [0.1, 0.15) is 5.75 Å². The number of likely N-dealkylation sites (tertiary alicyclic amines) is 1. The molecule has 1 spiro atoms. The lowest BCUT2D eigenvalue weighted by atomic mass is 10.0. The van der Waals surface area contributed by atoms with Crippen LogP contribution in [0.4, 0.5) is 10.5 Å². The minimum Gasteiger partial charge on any atom is -0.494 e. The van der Waals surface area contributed by atoms with Crippen molar-refractivity contribution in [2.75, 3.05) is 44.4 Å². The van der Waals surface area contributed by atoms with Gasteiger partial charge >= 0.3 is 6.03 Å². The Hall–Kier alpha value is -2.32. The standard InChI is InChI=1S/C20H27N3O5/c1-2-26-17-5-3-16(4-6-17)23-14-15(13-18(23)24)21-19(25)22-9-7-20(8-10-22)27-11-12-28-20/h3-6,15H,2,7-14H2,1H3,(H,21,25). The lowest BCUT2D eigenvalue weighted by Gasteiger charge is -2.37. The second-order valence-corrected chi connectivity index (χ2v) is 7.38. The summed E-state index contributed by atoms with van der Waals surface area (Å²) in [5.74, 6) is 0.297. The number of ether oxygens (including phenoxy) is 3. The van der Waals surface area contributed by atoms with Crippen LogP contribution in [-0.4, -0.2) is 68.1 Å². The molecule has 3 aliphatic rings. The number of anilines is 1. The predicted octanol–water partition coefficient (Wildman–Crippen LogP) is 1.74. The maximum atomic E-state index is 12.6. The van der Waals surface area contributed by atoms with E-state index in [1.807, 2.05) is 31.2 Å². The number of carbonyl (C=O) groups excluding carboxylic acids is 2. The second kappa shape index (κ2) is 7.97. The summed E-state index contributed by atoms with van der Waals surface area (Å²) < 4.78 is 16.8. The normalized spacial score (nSPS) is 24.0. The number of piperidine rings is 1. The van der Waals surface area contributed by atoms with Crippen molar-refractivity contribution >= 4 is 17.6 Å². The molecule has 4 rings (SSSR count). The highest BCUT2D eigenvalue weighted by molar-refractivity contribution is 5.96. The van der Waals surface area contributed by atoms with Gasteiger partial charge in [-0.2, -0.15) is 0 Å². The van der Waals surface area contributed by atoms with Crippen LogP contribution >= 0.6 is 0 Å². The molecule has 0 radical (unpaired) electrons. The van der Waals surface area contributed by atoms with Crippen molar-refractivity contribution < 1.29 is 23.8 Å². The van der Waals surface area contributed by atoms with Crippen LogP contribution in [0.2, 0.25) is 0 Å². The number of rotatable bonds is 4. The average Bonchev–Trinajstić information content (AvgIpc) is 3.30. The number of amides is 3. The molecule has 3 saturated heterocycles. The van der Waals surface area contributed by atoms with Crippen LogP contribution in [0.15, 0.2) is 24.3 Å².